The van der Waals surface area contributed by atoms with E-state index >= 15 is 0 Å². The lowest BCUT2D eigenvalue weighted by Gasteiger charge is -2.18. The molecule has 0 amide bonds. The second kappa shape index (κ2) is 6.38. The van der Waals surface area contributed by atoms with E-state index in [1.54, 1.807) is 0 Å². The van der Waals surface area contributed by atoms with Crippen LogP contribution in [0.3, 0.4) is 0 Å². The Morgan fingerprint density at radius 1 is 1.10 bits per heavy atom. The van der Waals surface area contributed by atoms with Gasteiger partial charge in [0.15, 0.2) is 6.10 Å². The average molecular weight is 268 g/mol. The maximum Gasteiger partial charge on any atom is 0.203 e. The van der Waals surface area contributed by atoms with Crippen molar-refractivity contribution in [2.75, 3.05) is 0 Å². The maximum atomic E-state index is 12.4. The van der Waals surface area contributed by atoms with Crippen molar-refractivity contribution in [2.24, 2.45) is 0 Å². The lowest BCUT2D eigenvalue weighted by atomic mass is 10.0. The Morgan fingerprint density at radius 2 is 1.80 bits per heavy atom. The largest absolute Gasteiger partial charge is 0.482 e. The zero-order valence-electron chi connectivity index (χ0n) is 12.2. The summed E-state index contributed by atoms with van der Waals surface area (Å²) in [7, 11) is 0. The predicted octanol–water partition coefficient (Wildman–Crippen LogP) is 4.34. The van der Waals surface area contributed by atoms with Crippen molar-refractivity contribution in [3.63, 3.8) is 0 Å². The summed E-state index contributed by atoms with van der Waals surface area (Å²) in [4.78, 5) is 12.4. The fourth-order valence-corrected chi connectivity index (χ4v) is 2.20. The van der Waals surface area contributed by atoms with E-state index in [9.17, 15) is 4.79 Å². The molecule has 1 atom stereocenters. The SMILES string of the molecule is CCC(Oc1ccc(C)cc1C)C(=O)c1ccccc1. The van der Waals surface area contributed by atoms with Crippen molar-refractivity contribution in [3.05, 3.63) is 65.2 Å². The molecule has 0 aliphatic carbocycles. The van der Waals surface area contributed by atoms with Gasteiger partial charge in [0.1, 0.15) is 5.75 Å². The van der Waals surface area contributed by atoms with Crippen LogP contribution >= 0.6 is 0 Å². The first-order chi connectivity index (χ1) is 9.61. The molecule has 0 spiro atoms. The number of carbonyl (C=O) groups is 1. The Hall–Kier alpha value is -2.09. The first-order valence-electron chi connectivity index (χ1n) is 6.95. The second-order valence-corrected chi connectivity index (χ2v) is 5.01. The third kappa shape index (κ3) is 3.27. The summed E-state index contributed by atoms with van der Waals surface area (Å²) in [5.74, 6) is 0.819. The van der Waals surface area contributed by atoms with Gasteiger partial charge in [0.2, 0.25) is 5.78 Å². The molecule has 2 rings (SSSR count). The standard InChI is InChI=1S/C18H20O2/c1-4-16(18(19)15-8-6-5-7-9-15)20-17-11-10-13(2)12-14(17)3/h5-12,16H,4H2,1-3H3. The van der Waals surface area contributed by atoms with E-state index in [1.807, 2.05) is 63.2 Å². The molecule has 0 bridgehead atoms. The van der Waals surface area contributed by atoms with Crippen LogP contribution in [0.5, 0.6) is 5.75 Å². The highest BCUT2D eigenvalue weighted by atomic mass is 16.5. The molecule has 0 heterocycles. The summed E-state index contributed by atoms with van der Waals surface area (Å²) in [6, 6.07) is 15.3. The van der Waals surface area contributed by atoms with Crippen LogP contribution in [0.15, 0.2) is 48.5 Å². The highest BCUT2D eigenvalue weighted by Gasteiger charge is 2.20. The van der Waals surface area contributed by atoms with Gasteiger partial charge in [-0.1, -0.05) is 55.0 Å². The number of rotatable bonds is 5. The van der Waals surface area contributed by atoms with E-state index in [2.05, 4.69) is 6.07 Å². The molecule has 2 nitrogen and oxygen atoms in total. The van der Waals surface area contributed by atoms with Crippen LogP contribution in [0.4, 0.5) is 0 Å². The van der Waals surface area contributed by atoms with Crippen molar-refractivity contribution in [1.29, 1.82) is 0 Å². The quantitative estimate of drug-likeness (QED) is 0.754. The number of ether oxygens (including phenoxy) is 1. The van der Waals surface area contributed by atoms with Crippen LogP contribution in [-0.2, 0) is 0 Å². The Labute approximate surface area is 120 Å². The van der Waals surface area contributed by atoms with Crippen LogP contribution in [-0.4, -0.2) is 11.9 Å². The Balaban J connectivity index is 2.19. The highest BCUT2D eigenvalue weighted by Crippen LogP contribution is 2.22. The lowest BCUT2D eigenvalue weighted by molar-refractivity contribution is 0.0785. The minimum Gasteiger partial charge on any atom is -0.482 e. The maximum absolute atomic E-state index is 12.4. The summed E-state index contributed by atoms with van der Waals surface area (Å²) < 4.78 is 5.92. The fraction of sp³-hybridized carbons (Fsp3) is 0.278. The molecule has 2 aromatic carbocycles. The molecular weight excluding hydrogens is 248 g/mol. The molecule has 0 aromatic heterocycles. The van der Waals surface area contributed by atoms with Gasteiger partial charge in [-0.25, -0.2) is 0 Å². The van der Waals surface area contributed by atoms with Gasteiger partial charge in [-0.05, 0) is 31.9 Å². The molecule has 0 N–H and O–H groups in total. The Bertz CT molecular complexity index is 588. The smallest absolute Gasteiger partial charge is 0.203 e. The fourth-order valence-electron chi connectivity index (χ4n) is 2.20. The molecule has 0 radical (unpaired) electrons. The number of carbonyl (C=O) groups excluding carboxylic acids is 1. The van der Waals surface area contributed by atoms with E-state index < -0.39 is 6.10 Å². The molecule has 0 fully saturated rings. The van der Waals surface area contributed by atoms with E-state index in [1.165, 1.54) is 5.56 Å². The van der Waals surface area contributed by atoms with Gasteiger partial charge in [-0.15, -0.1) is 0 Å². The number of Topliss-reactive ketones (excluding diaryl/α,β-unsaturated/α-hetero) is 1. The summed E-state index contributed by atoms with van der Waals surface area (Å²) in [6.07, 6.45) is 0.222. The number of hydrogen-bond acceptors (Lipinski definition) is 2. The molecule has 20 heavy (non-hydrogen) atoms. The third-order valence-electron chi connectivity index (χ3n) is 3.32. The minimum atomic E-state index is -0.432. The zero-order chi connectivity index (χ0) is 14.5. The molecule has 2 heteroatoms. The monoisotopic (exact) mass is 268 g/mol. The highest BCUT2D eigenvalue weighted by molar-refractivity contribution is 5.99. The Morgan fingerprint density at radius 3 is 2.40 bits per heavy atom. The Kier molecular flexibility index (Phi) is 4.57. The number of aryl methyl sites for hydroxylation is 2. The van der Waals surface area contributed by atoms with Gasteiger partial charge in [-0.3, -0.25) is 4.79 Å². The van der Waals surface area contributed by atoms with Gasteiger partial charge in [0, 0.05) is 5.56 Å². The van der Waals surface area contributed by atoms with E-state index in [-0.39, 0.29) is 5.78 Å². The van der Waals surface area contributed by atoms with Gasteiger partial charge >= 0.3 is 0 Å². The molecule has 1 unspecified atom stereocenters. The van der Waals surface area contributed by atoms with E-state index in [0.717, 1.165) is 11.3 Å². The van der Waals surface area contributed by atoms with Gasteiger partial charge < -0.3 is 4.74 Å². The molecule has 0 saturated carbocycles. The normalized spacial score (nSPS) is 11.9. The van der Waals surface area contributed by atoms with E-state index in [4.69, 9.17) is 4.74 Å². The lowest BCUT2D eigenvalue weighted by Crippen LogP contribution is -2.27. The van der Waals surface area contributed by atoms with E-state index in [0.29, 0.717) is 12.0 Å². The molecule has 0 saturated heterocycles. The number of benzene rings is 2. The zero-order valence-corrected chi connectivity index (χ0v) is 12.2. The third-order valence-corrected chi connectivity index (χ3v) is 3.32. The number of hydrogen-bond donors (Lipinski definition) is 0. The first-order valence-corrected chi connectivity index (χ1v) is 6.95. The molecular formula is C18H20O2. The van der Waals surface area contributed by atoms with Crippen molar-refractivity contribution < 1.29 is 9.53 Å². The van der Waals surface area contributed by atoms with Crippen LogP contribution in [0.1, 0.15) is 34.8 Å². The summed E-state index contributed by atoms with van der Waals surface area (Å²) in [5, 5.41) is 0. The van der Waals surface area contributed by atoms with Crippen molar-refractivity contribution in [3.8, 4) is 5.75 Å². The average Bonchev–Trinajstić information content (AvgIpc) is 2.47. The van der Waals surface area contributed by atoms with Crippen molar-refractivity contribution >= 4 is 5.78 Å². The summed E-state index contributed by atoms with van der Waals surface area (Å²) >= 11 is 0. The van der Waals surface area contributed by atoms with Gasteiger partial charge in [-0.2, -0.15) is 0 Å². The molecule has 104 valence electrons. The molecule has 0 aliphatic heterocycles. The predicted molar refractivity (Wildman–Crippen MR) is 81.4 cm³/mol. The second-order valence-electron chi connectivity index (χ2n) is 5.01. The van der Waals surface area contributed by atoms with Gasteiger partial charge in [0.05, 0.1) is 0 Å². The topological polar surface area (TPSA) is 26.3 Å². The molecule has 2 aromatic rings. The van der Waals surface area contributed by atoms with Crippen molar-refractivity contribution in [2.45, 2.75) is 33.3 Å². The minimum absolute atomic E-state index is 0.0353. The summed E-state index contributed by atoms with van der Waals surface area (Å²) in [5.41, 5.74) is 2.95. The van der Waals surface area contributed by atoms with Gasteiger partial charge in [0.25, 0.3) is 0 Å². The van der Waals surface area contributed by atoms with Crippen LogP contribution in [0.25, 0.3) is 0 Å². The molecule has 0 aliphatic rings. The summed E-state index contributed by atoms with van der Waals surface area (Å²) in [6.45, 7) is 6.01. The van der Waals surface area contributed by atoms with Crippen LogP contribution in [0, 0.1) is 13.8 Å². The van der Waals surface area contributed by atoms with Crippen LogP contribution < -0.4 is 4.74 Å². The van der Waals surface area contributed by atoms with Crippen molar-refractivity contribution in [1.82, 2.24) is 0 Å². The number of ketones is 1. The first kappa shape index (κ1) is 14.3. The van der Waals surface area contributed by atoms with Crippen LogP contribution in [0.2, 0.25) is 0 Å².